The summed E-state index contributed by atoms with van der Waals surface area (Å²) in [6, 6.07) is 8.62. The second-order valence-electron chi connectivity index (χ2n) is 4.68. The quantitative estimate of drug-likeness (QED) is 0.655. The first-order valence-electron chi connectivity index (χ1n) is 6.17. The molecule has 0 radical (unpaired) electrons. The van der Waals surface area contributed by atoms with E-state index in [1.807, 2.05) is 6.92 Å². The Kier molecular flexibility index (Phi) is 5.60. The maximum absolute atomic E-state index is 12.5. The van der Waals surface area contributed by atoms with Crippen molar-refractivity contribution in [3.8, 4) is 6.07 Å². The number of allylic oxidation sites excluding steroid dienone is 1. The zero-order valence-electron chi connectivity index (χ0n) is 12.5. The van der Waals surface area contributed by atoms with E-state index in [4.69, 9.17) is 22.6 Å². The number of aryl methyl sites for hydroxylation is 1. The highest BCUT2D eigenvalue weighted by Gasteiger charge is 2.31. The number of halogens is 1. The van der Waals surface area contributed by atoms with E-state index in [2.05, 4.69) is 6.58 Å². The van der Waals surface area contributed by atoms with Crippen LogP contribution in [0.2, 0.25) is 0 Å². The lowest BCUT2D eigenvalue weighted by molar-refractivity contribution is 0.477. The van der Waals surface area contributed by atoms with Crippen LogP contribution in [-0.2, 0) is 10.2 Å². The Morgan fingerprint density at radius 1 is 1.32 bits per heavy atom. The van der Waals surface area contributed by atoms with Crippen LogP contribution in [-0.4, -0.2) is 31.1 Å². The summed E-state index contributed by atoms with van der Waals surface area (Å²) in [4.78, 5) is 0. The van der Waals surface area contributed by atoms with Crippen LogP contribution in [0.4, 0.5) is 0 Å². The van der Waals surface area contributed by atoms with Crippen molar-refractivity contribution >= 4 is 27.5 Å². The van der Waals surface area contributed by atoms with Crippen molar-refractivity contribution < 1.29 is 8.42 Å². The van der Waals surface area contributed by atoms with Crippen LogP contribution < -0.4 is 5.73 Å². The molecule has 1 aromatic rings. The molecule has 6 nitrogen and oxygen atoms in total. The molecule has 0 saturated carbocycles. The van der Waals surface area contributed by atoms with E-state index >= 15 is 0 Å². The SMILES string of the molecule is C=C(C#N)N(/C(=C(\N)Cl)c1ccc(C)cc1)S(=O)(=O)N(C)C. The molecule has 0 aliphatic carbocycles. The molecule has 0 aliphatic rings. The molecular weight excluding hydrogens is 324 g/mol. The summed E-state index contributed by atoms with van der Waals surface area (Å²) < 4.78 is 26.7. The van der Waals surface area contributed by atoms with E-state index < -0.39 is 10.2 Å². The molecule has 0 unspecified atom stereocenters. The summed E-state index contributed by atoms with van der Waals surface area (Å²) in [5, 5.41) is 8.83. The second-order valence-corrected chi connectivity index (χ2v) is 7.07. The predicted octanol–water partition coefficient (Wildman–Crippen LogP) is 1.96. The molecule has 0 bridgehead atoms. The minimum atomic E-state index is -4.03. The van der Waals surface area contributed by atoms with Crippen LogP contribution in [0, 0.1) is 18.3 Å². The highest BCUT2D eigenvalue weighted by atomic mass is 35.5. The molecule has 0 aliphatic heterocycles. The van der Waals surface area contributed by atoms with Crippen molar-refractivity contribution in [3.05, 3.63) is 52.8 Å². The lowest BCUT2D eigenvalue weighted by Gasteiger charge is -2.28. The number of nitrogens with zero attached hydrogens (tertiary/aromatic N) is 3. The van der Waals surface area contributed by atoms with Gasteiger partial charge in [0.15, 0.2) is 0 Å². The van der Waals surface area contributed by atoms with Gasteiger partial charge in [0.25, 0.3) is 0 Å². The predicted molar refractivity (Wildman–Crippen MR) is 87.3 cm³/mol. The van der Waals surface area contributed by atoms with Crippen molar-refractivity contribution in [1.29, 1.82) is 5.26 Å². The first-order chi connectivity index (χ1) is 10.1. The Balaban J connectivity index is 3.63. The molecule has 0 saturated heterocycles. The van der Waals surface area contributed by atoms with Crippen molar-refractivity contribution in [1.82, 2.24) is 8.61 Å². The van der Waals surface area contributed by atoms with Gasteiger partial charge in [-0.2, -0.15) is 18.0 Å². The van der Waals surface area contributed by atoms with E-state index in [-0.39, 0.29) is 16.6 Å². The Morgan fingerprint density at radius 3 is 2.18 bits per heavy atom. The van der Waals surface area contributed by atoms with Crippen LogP contribution in [0.25, 0.3) is 5.70 Å². The fourth-order valence-electron chi connectivity index (χ4n) is 1.66. The molecule has 8 heteroatoms. The zero-order chi connectivity index (χ0) is 17.1. The van der Waals surface area contributed by atoms with Gasteiger partial charge >= 0.3 is 10.2 Å². The second kappa shape index (κ2) is 6.83. The Bertz CT molecular complexity index is 742. The van der Waals surface area contributed by atoms with E-state index in [1.165, 1.54) is 14.1 Å². The van der Waals surface area contributed by atoms with Gasteiger partial charge in [0.05, 0.1) is 0 Å². The summed E-state index contributed by atoms with van der Waals surface area (Å²) >= 11 is 5.91. The van der Waals surface area contributed by atoms with Crippen LogP contribution in [0.1, 0.15) is 11.1 Å². The molecule has 0 spiro atoms. The largest absolute Gasteiger partial charge is 0.388 e. The van der Waals surface area contributed by atoms with Crippen LogP contribution in [0.3, 0.4) is 0 Å². The number of hydrogen-bond acceptors (Lipinski definition) is 4. The molecule has 22 heavy (non-hydrogen) atoms. The average Bonchev–Trinajstić information content (AvgIpc) is 2.44. The zero-order valence-corrected chi connectivity index (χ0v) is 14.1. The minimum absolute atomic E-state index is 0.0121. The van der Waals surface area contributed by atoms with E-state index in [0.717, 1.165) is 14.2 Å². The minimum Gasteiger partial charge on any atom is -0.388 e. The third kappa shape index (κ3) is 3.60. The smallest absolute Gasteiger partial charge is 0.308 e. The fourth-order valence-corrected chi connectivity index (χ4v) is 2.99. The first kappa shape index (κ1) is 18.0. The van der Waals surface area contributed by atoms with Crippen molar-refractivity contribution in [3.63, 3.8) is 0 Å². The van der Waals surface area contributed by atoms with Gasteiger partial charge < -0.3 is 5.73 Å². The van der Waals surface area contributed by atoms with Gasteiger partial charge in [0.1, 0.15) is 22.6 Å². The number of rotatable bonds is 5. The van der Waals surface area contributed by atoms with Gasteiger partial charge in [0.2, 0.25) is 0 Å². The lowest BCUT2D eigenvalue weighted by atomic mass is 10.1. The van der Waals surface area contributed by atoms with Gasteiger partial charge in [0, 0.05) is 19.7 Å². The number of benzene rings is 1. The fraction of sp³-hybridized carbons (Fsp3) is 0.214. The Hall–Kier alpha value is -2.01. The summed E-state index contributed by atoms with van der Waals surface area (Å²) in [6.07, 6.45) is 0. The highest BCUT2D eigenvalue weighted by Crippen LogP contribution is 2.30. The topological polar surface area (TPSA) is 90.4 Å². The summed E-state index contributed by atoms with van der Waals surface area (Å²) in [5.74, 6) is 0. The van der Waals surface area contributed by atoms with Gasteiger partial charge in [-0.25, -0.2) is 4.31 Å². The molecule has 1 aromatic carbocycles. The summed E-state index contributed by atoms with van der Waals surface area (Å²) in [7, 11) is -1.36. The maximum Gasteiger partial charge on any atom is 0.308 e. The summed E-state index contributed by atoms with van der Waals surface area (Å²) in [5.41, 5.74) is 6.78. The molecule has 2 N–H and O–H groups in total. The number of hydrogen-bond donors (Lipinski definition) is 1. The first-order valence-corrected chi connectivity index (χ1v) is 7.94. The molecule has 118 valence electrons. The third-order valence-electron chi connectivity index (χ3n) is 2.82. The van der Waals surface area contributed by atoms with Crippen molar-refractivity contribution in [2.75, 3.05) is 14.1 Å². The maximum atomic E-state index is 12.5. The lowest BCUT2D eigenvalue weighted by Crippen LogP contribution is -2.38. The Morgan fingerprint density at radius 2 is 1.82 bits per heavy atom. The molecule has 1 rings (SSSR count). The summed E-state index contributed by atoms with van der Waals surface area (Å²) in [6.45, 7) is 5.37. The molecule has 0 amide bonds. The average molecular weight is 341 g/mol. The van der Waals surface area contributed by atoms with Crippen LogP contribution in [0.15, 0.2) is 41.7 Å². The van der Waals surface area contributed by atoms with Crippen molar-refractivity contribution in [2.45, 2.75) is 6.92 Å². The van der Waals surface area contributed by atoms with Crippen LogP contribution >= 0.6 is 11.6 Å². The standard InChI is InChI=1S/C14H17ClN4O2S/c1-10-5-7-12(8-6-10)13(14(15)17)19(11(2)9-16)22(20,21)18(3)4/h5-8H,2,17H2,1,3-4H3/b14-13-. The van der Waals surface area contributed by atoms with Crippen molar-refractivity contribution in [2.24, 2.45) is 5.73 Å². The van der Waals surface area contributed by atoms with Gasteiger partial charge in [-0.3, -0.25) is 0 Å². The molecule has 0 atom stereocenters. The highest BCUT2D eigenvalue weighted by molar-refractivity contribution is 7.87. The van der Waals surface area contributed by atoms with Crippen LogP contribution in [0.5, 0.6) is 0 Å². The number of nitriles is 1. The van der Waals surface area contributed by atoms with E-state index in [0.29, 0.717) is 5.56 Å². The van der Waals surface area contributed by atoms with Gasteiger partial charge in [-0.15, -0.1) is 0 Å². The van der Waals surface area contributed by atoms with Gasteiger partial charge in [-0.05, 0) is 6.92 Å². The third-order valence-corrected chi connectivity index (χ3v) is 4.79. The normalized spacial score (nSPS) is 12.5. The molecule has 0 aromatic heterocycles. The number of nitrogens with two attached hydrogens (primary N) is 1. The molecule has 0 fully saturated rings. The molecule has 0 heterocycles. The Labute approximate surface area is 135 Å². The monoisotopic (exact) mass is 340 g/mol. The van der Waals surface area contributed by atoms with Gasteiger partial charge in [-0.1, -0.05) is 48.0 Å². The van der Waals surface area contributed by atoms with E-state index in [9.17, 15) is 8.42 Å². The van der Waals surface area contributed by atoms with E-state index in [1.54, 1.807) is 30.3 Å². The molecular formula is C14H17ClN4O2S.